The van der Waals surface area contributed by atoms with Crippen molar-refractivity contribution in [2.75, 3.05) is 0 Å². The molecule has 0 saturated carbocycles. The number of hydrogen-bond donors (Lipinski definition) is 1. The summed E-state index contributed by atoms with van der Waals surface area (Å²) in [5.74, 6) is -0.520. The molecule has 1 amide bonds. The van der Waals surface area contributed by atoms with E-state index in [2.05, 4.69) is 21.2 Å². The molecule has 0 aliphatic heterocycles. The lowest BCUT2D eigenvalue weighted by Crippen LogP contribution is -2.22. The minimum absolute atomic E-state index is 0.223. The number of benzene rings is 2. The van der Waals surface area contributed by atoms with Gasteiger partial charge in [-0.1, -0.05) is 23.7 Å². The highest BCUT2D eigenvalue weighted by Crippen LogP contribution is 2.23. The van der Waals surface area contributed by atoms with Gasteiger partial charge in [0.25, 0.3) is 5.91 Å². The first-order valence-electron chi connectivity index (χ1n) is 5.54. The van der Waals surface area contributed by atoms with Gasteiger partial charge in [-0.25, -0.2) is 4.39 Å². The summed E-state index contributed by atoms with van der Waals surface area (Å²) in [5, 5.41) is 3.23. The molecule has 2 nitrogen and oxygen atoms in total. The number of rotatable bonds is 3. The van der Waals surface area contributed by atoms with Crippen molar-refractivity contribution in [3.05, 3.63) is 68.9 Å². The molecule has 0 aromatic heterocycles. The van der Waals surface area contributed by atoms with Gasteiger partial charge in [0.05, 0.1) is 5.02 Å². The Labute approximate surface area is 123 Å². The second-order valence-electron chi connectivity index (χ2n) is 3.94. The van der Waals surface area contributed by atoms with E-state index in [9.17, 15) is 9.18 Å². The highest BCUT2D eigenvalue weighted by molar-refractivity contribution is 9.10. The maximum absolute atomic E-state index is 12.7. The van der Waals surface area contributed by atoms with E-state index < -0.39 is 0 Å². The Balaban J connectivity index is 2.01. The molecule has 0 fully saturated rings. The summed E-state index contributed by atoms with van der Waals surface area (Å²) >= 11 is 9.19. The van der Waals surface area contributed by atoms with Crippen LogP contribution in [0, 0.1) is 5.82 Å². The number of hydrogen-bond acceptors (Lipinski definition) is 1. The first-order chi connectivity index (χ1) is 9.06. The molecule has 0 atom stereocenters. The van der Waals surface area contributed by atoms with E-state index in [1.165, 1.54) is 12.1 Å². The molecule has 19 heavy (non-hydrogen) atoms. The van der Waals surface area contributed by atoms with E-state index in [0.717, 1.165) is 10.0 Å². The van der Waals surface area contributed by atoms with E-state index in [1.807, 2.05) is 0 Å². The summed E-state index contributed by atoms with van der Waals surface area (Å²) < 4.78 is 13.5. The average molecular weight is 343 g/mol. The smallest absolute Gasteiger partial charge is 0.251 e. The molecule has 5 heteroatoms. The molecule has 2 aromatic carbocycles. The van der Waals surface area contributed by atoms with Crippen LogP contribution in [0.2, 0.25) is 5.02 Å². The molecule has 0 heterocycles. The van der Waals surface area contributed by atoms with Crippen molar-refractivity contribution >= 4 is 33.4 Å². The van der Waals surface area contributed by atoms with Gasteiger partial charge in [-0.05, 0) is 51.8 Å². The number of carbonyl (C=O) groups is 1. The fraction of sp³-hybridized carbons (Fsp3) is 0.0714. The Morgan fingerprint density at radius 3 is 2.53 bits per heavy atom. The zero-order chi connectivity index (χ0) is 13.8. The van der Waals surface area contributed by atoms with Crippen molar-refractivity contribution in [1.82, 2.24) is 5.32 Å². The predicted molar refractivity (Wildman–Crippen MR) is 76.7 cm³/mol. The Bertz CT molecular complexity index is 601. The van der Waals surface area contributed by atoms with Crippen LogP contribution in [0.3, 0.4) is 0 Å². The standard InChI is InChI=1S/C14H10BrClFNO/c15-12-6-3-10(7-13(12)16)14(19)18-8-9-1-4-11(17)5-2-9/h1-7H,8H2,(H,18,19). The van der Waals surface area contributed by atoms with Crippen LogP contribution in [-0.4, -0.2) is 5.91 Å². The Morgan fingerprint density at radius 2 is 1.89 bits per heavy atom. The van der Waals surface area contributed by atoms with E-state index in [-0.39, 0.29) is 11.7 Å². The molecule has 0 saturated heterocycles. The molecule has 0 radical (unpaired) electrons. The average Bonchev–Trinajstić information content (AvgIpc) is 2.41. The zero-order valence-corrected chi connectivity index (χ0v) is 12.1. The highest BCUT2D eigenvalue weighted by atomic mass is 79.9. The lowest BCUT2D eigenvalue weighted by atomic mass is 10.2. The van der Waals surface area contributed by atoms with Gasteiger partial charge < -0.3 is 5.32 Å². The fourth-order valence-corrected chi connectivity index (χ4v) is 1.95. The van der Waals surface area contributed by atoms with Gasteiger partial charge in [0.1, 0.15) is 5.82 Å². The van der Waals surface area contributed by atoms with E-state index >= 15 is 0 Å². The summed E-state index contributed by atoms with van der Waals surface area (Å²) in [6.07, 6.45) is 0. The third-order valence-corrected chi connectivity index (χ3v) is 3.78. The predicted octanol–water partition coefficient (Wildman–Crippen LogP) is 4.17. The molecule has 0 spiro atoms. The SMILES string of the molecule is O=C(NCc1ccc(F)cc1)c1ccc(Br)c(Cl)c1. The first-order valence-corrected chi connectivity index (χ1v) is 6.71. The maximum Gasteiger partial charge on any atom is 0.251 e. The summed E-state index contributed by atoms with van der Waals surface area (Å²) in [5.41, 5.74) is 1.31. The van der Waals surface area contributed by atoms with Gasteiger partial charge in [-0.3, -0.25) is 4.79 Å². The summed E-state index contributed by atoms with van der Waals surface area (Å²) in [7, 11) is 0. The molecule has 0 unspecified atom stereocenters. The van der Waals surface area contributed by atoms with Crippen LogP contribution in [0.1, 0.15) is 15.9 Å². The molecule has 2 aromatic rings. The number of carbonyl (C=O) groups excluding carboxylic acids is 1. The summed E-state index contributed by atoms with van der Waals surface area (Å²) in [6, 6.07) is 11.0. The molecule has 1 N–H and O–H groups in total. The molecule has 0 aliphatic rings. The third-order valence-electron chi connectivity index (χ3n) is 2.55. The largest absolute Gasteiger partial charge is 0.348 e. The minimum Gasteiger partial charge on any atom is -0.348 e. The number of halogens is 3. The summed E-state index contributed by atoms with van der Waals surface area (Å²) in [6.45, 7) is 0.340. The van der Waals surface area contributed by atoms with Gasteiger partial charge >= 0.3 is 0 Å². The number of nitrogens with one attached hydrogen (secondary N) is 1. The van der Waals surface area contributed by atoms with Crippen LogP contribution in [0.25, 0.3) is 0 Å². The van der Waals surface area contributed by atoms with Crippen LogP contribution >= 0.6 is 27.5 Å². The number of amides is 1. The van der Waals surface area contributed by atoms with Crippen molar-refractivity contribution in [3.63, 3.8) is 0 Å². The Morgan fingerprint density at radius 1 is 1.21 bits per heavy atom. The maximum atomic E-state index is 12.7. The lowest BCUT2D eigenvalue weighted by molar-refractivity contribution is 0.0951. The van der Waals surface area contributed by atoms with E-state index in [1.54, 1.807) is 30.3 Å². The van der Waals surface area contributed by atoms with Gasteiger partial charge in [0.2, 0.25) is 0 Å². The van der Waals surface area contributed by atoms with E-state index in [4.69, 9.17) is 11.6 Å². The fourth-order valence-electron chi connectivity index (χ4n) is 1.52. The first kappa shape index (κ1) is 14.0. The quantitative estimate of drug-likeness (QED) is 0.891. The second kappa shape index (κ2) is 6.17. The molecule has 98 valence electrons. The Kier molecular flexibility index (Phi) is 4.56. The zero-order valence-electron chi connectivity index (χ0n) is 9.79. The van der Waals surface area contributed by atoms with Crippen molar-refractivity contribution in [3.8, 4) is 0 Å². The van der Waals surface area contributed by atoms with Gasteiger partial charge in [0.15, 0.2) is 0 Å². The summed E-state index contributed by atoms with van der Waals surface area (Å²) in [4.78, 5) is 11.9. The van der Waals surface area contributed by atoms with E-state index in [0.29, 0.717) is 17.1 Å². The van der Waals surface area contributed by atoms with Crippen molar-refractivity contribution < 1.29 is 9.18 Å². The molecular formula is C14H10BrClFNO. The van der Waals surface area contributed by atoms with Crippen molar-refractivity contribution in [2.45, 2.75) is 6.54 Å². The Hall–Kier alpha value is -1.39. The van der Waals surface area contributed by atoms with Crippen molar-refractivity contribution in [1.29, 1.82) is 0 Å². The van der Waals surface area contributed by atoms with Crippen LogP contribution in [0.15, 0.2) is 46.9 Å². The van der Waals surface area contributed by atoms with Crippen LogP contribution in [-0.2, 0) is 6.54 Å². The van der Waals surface area contributed by atoms with Crippen LogP contribution < -0.4 is 5.32 Å². The highest BCUT2D eigenvalue weighted by Gasteiger charge is 2.07. The lowest BCUT2D eigenvalue weighted by Gasteiger charge is -2.06. The molecule has 2 rings (SSSR count). The molecular weight excluding hydrogens is 333 g/mol. The van der Waals surface area contributed by atoms with Crippen molar-refractivity contribution in [2.24, 2.45) is 0 Å². The third kappa shape index (κ3) is 3.78. The minimum atomic E-state index is -0.297. The second-order valence-corrected chi connectivity index (χ2v) is 5.20. The topological polar surface area (TPSA) is 29.1 Å². The van der Waals surface area contributed by atoms with Crippen LogP contribution in [0.4, 0.5) is 4.39 Å². The molecule has 0 bridgehead atoms. The molecule has 0 aliphatic carbocycles. The van der Waals surface area contributed by atoms with Gasteiger partial charge in [0, 0.05) is 16.6 Å². The monoisotopic (exact) mass is 341 g/mol. The normalized spacial score (nSPS) is 10.3. The van der Waals surface area contributed by atoms with Crippen LogP contribution in [0.5, 0.6) is 0 Å². The van der Waals surface area contributed by atoms with Gasteiger partial charge in [-0.2, -0.15) is 0 Å². The van der Waals surface area contributed by atoms with Gasteiger partial charge in [-0.15, -0.1) is 0 Å².